The molecule has 1 fully saturated rings. The van der Waals surface area contributed by atoms with E-state index in [1.165, 1.54) is 0 Å². The van der Waals surface area contributed by atoms with Gasteiger partial charge in [0.05, 0.1) is 0 Å². The lowest BCUT2D eigenvalue weighted by Gasteiger charge is -2.31. The van der Waals surface area contributed by atoms with E-state index in [1.54, 1.807) is 6.33 Å². The minimum Gasteiger partial charge on any atom is -0.450 e. The van der Waals surface area contributed by atoms with Crippen molar-refractivity contribution >= 4 is 33.8 Å². The Hall–Kier alpha value is -2.67. The zero-order valence-electron chi connectivity index (χ0n) is 16.2. The molecule has 1 aromatic carbocycles. The van der Waals surface area contributed by atoms with Crippen LogP contribution in [-0.4, -0.2) is 48.7 Å². The molecule has 1 N–H and O–H groups in total. The van der Waals surface area contributed by atoms with Crippen molar-refractivity contribution in [3.63, 3.8) is 0 Å². The summed E-state index contributed by atoms with van der Waals surface area (Å²) in [7, 11) is 0. The number of fused-ring (bicyclic) bond motifs is 3. The van der Waals surface area contributed by atoms with E-state index < -0.39 is 0 Å². The van der Waals surface area contributed by atoms with Crippen LogP contribution in [0.2, 0.25) is 0 Å². The van der Waals surface area contributed by atoms with Crippen LogP contribution in [0.3, 0.4) is 0 Å². The second kappa shape index (κ2) is 8.56. The summed E-state index contributed by atoms with van der Waals surface area (Å²) >= 11 is 0. The van der Waals surface area contributed by atoms with Crippen molar-refractivity contribution in [3.05, 3.63) is 30.6 Å². The number of amides is 1. The molecular formula is C21H26N4O3. The van der Waals surface area contributed by atoms with E-state index in [0.29, 0.717) is 19.8 Å². The van der Waals surface area contributed by atoms with Crippen molar-refractivity contribution in [3.8, 4) is 0 Å². The SMILES string of the molecule is CCOCCCNC(=O)C1CCN(c2ncnc3c2oc2ccccc23)CC1. The highest BCUT2D eigenvalue weighted by molar-refractivity contribution is 6.05. The molecule has 28 heavy (non-hydrogen) atoms. The molecule has 1 saturated heterocycles. The number of hydrogen-bond acceptors (Lipinski definition) is 6. The molecule has 0 aliphatic carbocycles. The Labute approximate surface area is 164 Å². The Balaban J connectivity index is 1.39. The smallest absolute Gasteiger partial charge is 0.223 e. The maximum Gasteiger partial charge on any atom is 0.223 e. The van der Waals surface area contributed by atoms with Gasteiger partial charge in [0, 0.05) is 44.2 Å². The van der Waals surface area contributed by atoms with Crippen molar-refractivity contribution in [2.45, 2.75) is 26.2 Å². The third-order valence-electron chi connectivity index (χ3n) is 5.27. The summed E-state index contributed by atoms with van der Waals surface area (Å²) in [6.45, 7) is 5.61. The third kappa shape index (κ3) is 3.80. The number of carbonyl (C=O) groups is 1. The summed E-state index contributed by atoms with van der Waals surface area (Å²) in [5.74, 6) is 1.01. The number of rotatable bonds is 7. The predicted molar refractivity (Wildman–Crippen MR) is 108 cm³/mol. The molecule has 3 heterocycles. The Morgan fingerprint density at radius 3 is 2.93 bits per heavy atom. The zero-order valence-corrected chi connectivity index (χ0v) is 16.2. The van der Waals surface area contributed by atoms with Gasteiger partial charge in [-0.15, -0.1) is 0 Å². The predicted octanol–water partition coefficient (Wildman–Crippen LogP) is 3.14. The number of para-hydroxylation sites is 1. The van der Waals surface area contributed by atoms with Gasteiger partial charge in [-0.25, -0.2) is 9.97 Å². The topological polar surface area (TPSA) is 80.5 Å². The number of nitrogens with one attached hydrogen (secondary N) is 1. The molecule has 148 valence electrons. The third-order valence-corrected chi connectivity index (χ3v) is 5.27. The fraction of sp³-hybridized carbons (Fsp3) is 0.476. The molecule has 4 rings (SSSR count). The number of anilines is 1. The first-order valence-corrected chi connectivity index (χ1v) is 10.0. The molecule has 3 aromatic rings. The molecule has 1 aliphatic heterocycles. The van der Waals surface area contributed by atoms with Gasteiger partial charge in [-0.2, -0.15) is 0 Å². The molecule has 0 radical (unpaired) electrons. The summed E-state index contributed by atoms with van der Waals surface area (Å²) in [6, 6.07) is 7.90. The van der Waals surface area contributed by atoms with E-state index in [2.05, 4.69) is 20.2 Å². The van der Waals surface area contributed by atoms with Crippen LogP contribution >= 0.6 is 0 Å². The minimum absolute atomic E-state index is 0.0522. The van der Waals surface area contributed by atoms with Crippen LogP contribution in [0.15, 0.2) is 35.0 Å². The van der Waals surface area contributed by atoms with Gasteiger partial charge in [0.15, 0.2) is 11.4 Å². The number of ether oxygens (including phenoxy) is 1. The Morgan fingerprint density at radius 1 is 1.29 bits per heavy atom. The van der Waals surface area contributed by atoms with E-state index in [9.17, 15) is 4.79 Å². The lowest BCUT2D eigenvalue weighted by atomic mass is 9.96. The van der Waals surface area contributed by atoms with Gasteiger partial charge in [-0.3, -0.25) is 4.79 Å². The van der Waals surface area contributed by atoms with Crippen molar-refractivity contribution in [1.29, 1.82) is 0 Å². The van der Waals surface area contributed by atoms with Crippen molar-refractivity contribution in [1.82, 2.24) is 15.3 Å². The van der Waals surface area contributed by atoms with Gasteiger partial charge >= 0.3 is 0 Å². The number of nitrogens with zero attached hydrogens (tertiary/aromatic N) is 3. The van der Waals surface area contributed by atoms with Gasteiger partial charge in [0.25, 0.3) is 0 Å². The summed E-state index contributed by atoms with van der Waals surface area (Å²) in [6.07, 6.45) is 4.06. The summed E-state index contributed by atoms with van der Waals surface area (Å²) in [5, 5.41) is 4.03. The monoisotopic (exact) mass is 382 g/mol. The molecule has 0 unspecified atom stereocenters. The number of hydrogen-bond donors (Lipinski definition) is 1. The molecule has 7 nitrogen and oxygen atoms in total. The van der Waals surface area contributed by atoms with E-state index in [0.717, 1.165) is 60.2 Å². The first kappa shape index (κ1) is 18.7. The van der Waals surface area contributed by atoms with Gasteiger partial charge in [-0.05, 0) is 38.3 Å². The summed E-state index contributed by atoms with van der Waals surface area (Å²) < 4.78 is 11.3. The second-order valence-corrected chi connectivity index (χ2v) is 7.08. The highest BCUT2D eigenvalue weighted by Gasteiger charge is 2.27. The summed E-state index contributed by atoms with van der Waals surface area (Å²) in [4.78, 5) is 23.5. The van der Waals surface area contributed by atoms with E-state index in [-0.39, 0.29) is 11.8 Å². The first-order valence-electron chi connectivity index (χ1n) is 10.0. The molecule has 1 aliphatic rings. The molecule has 0 bridgehead atoms. The van der Waals surface area contributed by atoms with Crippen LogP contribution in [0.5, 0.6) is 0 Å². The average Bonchev–Trinajstić information content (AvgIpc) is 3.12. The van der Waals surface area contributed by atoms with Crippen molar-refractivity contribution in [2.24, 2.45) is 5.92 Å². The highest BCUT2D eigenvalue weighted by atomic mass is 16.5. The van der Waals surface area contributed by atoms with Gasteiger partial charge in [0.1, 0.15) is 17.4 Å². The molecule has 0 spiro atoms. The number of piperidine rings is 1. The van der Waals surface area contributed by atoms with Crippen LogP contribution < -0.4 is 10.2 Å². The van der Waals surface area contributed by atoms with Gasteiger partial charge in [0.2, 0.25) is 5.91 Å². The average molecular weight is 382 g/mol. The number of aromatic nitrogens is 2. The highest BCUT2D eigenvalue weighted by Crippen LogP contribution is 2.33. The maximum atomic E-state index is 12.4. The van der Waals surface area contributed by atoms with Crippen LogP contribution in [-0.2, 0) is 9.53 Å². The fourth-order valence-electron chi connectivity index (χ4n) is 3.76. The van der Waals surface area contributed by atoms with Crippen LogP contribution in [0, 0.1) is 5.92 Å². The van der Waals surface area contributed by atoms with Gasteiger partial charge in [-0.1, -0.05) is 12.1 Å². The normalized spacial score (nSPS) is 15.4. The van der Waals surface area contributed by atoms with Crippen molar-refractivity contribution in [2.75, 3.05) is 37.7 Å². The Morgan fingerprint density at radius 2 is 2.11 bits per heavy atom. The van der Waals surface area contributed by atoms with E-state index in [4.69, 9.17) is 9.15 Å². The molecule has 0 atom stereocenters. The fourth-order valence-corrected chi connectivity index (χ4v) is 3.76. The molecule has 0 saturated carbocycles. The molecule has 7 heteroatoms. The Bertz CT molecular complexity index is 947. The van der Waals surface area contributed by atoms with E-state index in [1.807, 2.05) is 31.2 Å². The standard InChI is InChI=1S/C21H26N4O3/c1-2-27-13-5-10-22-21(26)15-8-11-25(12-9-15)20-19-18(23-14-24-20)16-6-3-4-7-17(16)28-19/h3-4,6-7,14-15H,2,5,8-13H2,1H3,(H,22,26). The molecule has 1 amide bonds. The quantitative estimate of drug-likeness (QED) is 0.633. The van der Waals surface area contributed by atoms with Crippen molar-refractivity contribution < 1.29 is 13.9 Å². The number of carbonyl (C=O) groups excluding carboxylic acids is 1. The molecular weight excluding hydrogens is 356 g/mol. The number of furan rings is 1. The van der Waals surface area contributed by atoms with Gasteiger partial charge < -0.3 is 19.4 Å². The van der Waals surface area contributed by atoms with E-state index >= 15 is 0 Å². The second-order valence-electron chi connectivity index (χ2n) is 7.08. The van der Waals surface area contributed by atoms with Crippen LogP contribution in [0.1, 0.15) is 26.2 Å². The van der Waals surface area contributed by atoms with Crippen LogP contribution in [0.4, 0.5) is 5.82 Å². The number of benzene rings is 1. The van der Waals surface area contributed by atoms with Crippen LogP contribution in [0.25, 0.3) is 22.1 Å². The Kier molecular flexibility index (Phi) is 5.71. The lowest BCUT2D eigenvalue weighted by Crippen LogP contribution is -2.41. The maximum absolute atomic E-state index is 12.4. The lowest BCUT2D eigenvalue weighted by molar-refractivity contribution is -0.125. The summed E-state index contributed by atoms with van der Waals surface area (Å²) in [5.41, 5.74) is 2.39. The zero-order chi connectivity index (χ0) is 19.3. The largest absolute Gasteiger partial charge is 0.450 e. The molecule has 2 aromatic heterocycles. The first-order chi connectivity index (χ1) is 13.8. The minimum atomic E-state index is 0.0522.